The van der Waals surface area contributed by atoms with Crippen molar-refractivity contribution in [2.75, 3.05) is 0 Å². The van der Waals surface area contributed by atoms with Crippen LogP contribution in [0.15, 0.2) is 66.7 Å². The fourth-order valence-electron chi connectivity index (χ4n) is 2.03. The smallest absolute Gasteiger partial charge is 0.123 e. The molecule has 17 heavy (non-hydrogen) atoms. The van der Waals surface area contributed by atoms with E-state index in [1.54, 1.807) is 12.1 Å². The third-order valence-electron chi connectivity index (χ3n) is 2.91. The van der Waals surface area contributed by atoms with E-state index in [1.807, 2.05) is 30.3 Å². The molecule has 0 aliphatic heterocycles. The summed E-state index contributed by atoms with van der Waals surface area (Å²) in [5.41, 5.74) is 2.27. The molecule has 0 saturated carbocycles. The molecule has 3 aromatic carbocycles. The highest BCUT2D eigenvalue weighted by Crippen LogP contribution is 2.24. The lowest BCUT2D eigenvalue weighted by molar-refractivity contribution is 0.630. The molecule has 0 radical (unpaired) electrons. The van der Waals surface area contributed by atoms with Crippen LogP contribution in [0.1, 0.15) is 0 Å². The van der Waals surface area contributed by atoms with Crippen molar-refractivity contribution in [3.63, 3.8) is 0 Å². The summed E-state index contributed by atoms with van der Waals surface area (Å²) >= 11 is 0. The average Bonchev–Trinajstić information content (AvgIpc) is 2.39. The first-order valence-corrected chi connectivity index (χ1v) is 5.58. The van der Waals surface area contributed by atoms with Gasteiger partial charge in [-0.1, -0.05) is 48.5 Å². The lowest BCUT2D eigenvalue weighted by Crippen LogP contribution is -1.80. The maximum Gasteiger partial charge on any atom is 0.123 e. The van der Waals surface area contributed by atoms with Gasteiger partial charge in [-0.25, -0.2) is 4.39 Å². The molecule has 0 unspecified atom stereocenters. The van der Waals surface area contributed by atoms with Crippen LogP contribution in [-0.4, -0.2) is 0 Å². The van der Waals surface area contributed by atoms with Crippen molar-refractivity contribution < 1.29 is 4.39 Å². The Morgan fingerprint density at radius 2 is 1.35 bits per heavy atom. The van der Waals surface area contributed by atoms with E-state index >= 15 is 0 Å². The quantitative estimate of drug-likeness (QED) is 0.562. The number of benzene rings is 3. The molecule has 0 heterocycles. The number of fused-ring (bicyclic) bond motifs is 1. The zero-order valence-electron chi connectivity index (χ0n) is 9.23. The van der Waals surface area contributed by atoms with Gasteiger partial charge in [0.2, 0.25) is 0 Å². The second kappa shape index (κ2) is 4.02. The molecule has 0 atom stereocenters. The standard InChI is InChI=1S/C16H11F/c17-16-9-8-13-6-7-14(10-15(13)11-16)12-4-2-1-3-5-12/h1-11H. The topological polar surface area (TPSA) is 0 Å². The van der Waals surface area contributed by atoms with Crippen molar-refractivity contribution in [2.24, 2.45) is 0 Å². The molecule has 0 fully saturated rings. The normalized spacial score (nSPS) is 10.6. The first-order chi connectivity index (χ1) is 8.33. The van der Waals surface area contributed by atoms with E-state index in [9.17, 15) is 4.39 Å². The van der Waals surface area contributed by atoms with Gasteiger partial charge in [-0.05, 0) is 40.1 Å². The minimum atomic E-state index is -0.192. The number of hydrogen-bond acceptors (Lipinski definition) is 0. The van der Waals surface area contributed by atoms with Gasteiger partial charge in [-0.15, -0.1) is 0 Å². The fraction of sp³-hybridized carbons (Fsp3) is 0. The van der Waals surface area contributed by atoms with E-state index in [2.05, 4.69) is 18.2 Å². The molecule has 3 rings (SSSR count). The Kier molecular flexibility index (Phi) is 2.37. The third kappa shape index (κ3) is 1.92. The van der Waals surface area contributed by atoms with Crippen molar-refractivity contribution in [1.29, 1.82) is 0 Å². The first-order valence-electron chi connectivity index (χ1n) is 5.58. The van der Waals surface area contributed by atoms with Gasteiger partial charge in [-0.3, -0.25) is 0 Å². The fourth-order valence-corrected chi connectivity index (χ4v) is 2.03. The molecule has 82 valence electrons. The Hall–Kier alpha value is -2.15. The zero-order chi connectivity index (χ0) is 11.7. The molecule has 0 aromatic heterocycles. The molecule has 0 aliphatic rings. The second-order valence-corrected chi connectivity index (χ2v) is 4.07. The minimum Gasteiger partial charge on any atom is -0.207 e. The molecular formula is C16H11F. The summed E-state index contributed by atoms with van der Waals surface area (Å²) in [6.45, 7) is 0. The van der Waals surface area contributed by atoms with Crippen LogP contribution in [0.3, 0.4) is 0 Å². The van der Waals surface area contributed by atoms with Crippen LogP contribution in [0.4, 0.5) is 4.39 Å². The van der Waals surface area contributed by atoms with E-state index in [-0.39, 0.29) is 5.82 Å². The Bertz CT molecular complexity index is 657. The molecule has 0 aliphatic carbocycles. The van der Waals surface area contributed by atoms with Gasteiger partial charge in [0.05, 0.1) is 0 Å². The molecule has 0 saturated heterocycles. The second-order valence-electron chi connectivity index (χ2n) is 4.07. The van der Waals surface area contributed by atoms with Gasteiger partial charge < -0.3 is 0 Å². The molecule has 3 aromatic rings. The molecule has 1 heteroatoms. The van der Waals surface area contributed by atoms with Gasteiger partial charge >= 0.3 is 0 Å². The highest BCUT2D eigenvalue weighted by Gasteiger charge is 2.00. The Morgan fingerprint density at radius 1 is 0.588 bits per heavy atom. The molecule has 0 N–H and O–H groups in total. The van der Waals surface area contributed by atoms with Gasteiger partial charge in [0.15, 0.2) is 0 Å². The van der Waals surface area contributed by atoms with Crippen LogP contribution < -0.4 is 0 Å². The minimum absolute atomic E-state index is 0.192. The van der Waals surface area contributed by atoms with Crippen molar-refractivity contribution >= 4 is 10.8 Å². The largest absolute Gasteiger partial charge is 0.207 e. The van der Waals surface area contributed by atoms with Crippen LogP contribution in [-0.2, 0) is 0 Å². The molecule has 0 amide bonds. The van der Waals surface area contributed by atoms with Crippen LogP contribution in [0.25, 0.3) is 21.9 Å². The van der Waals surface area contributed by atoms with E-state index in [1.165, 1.54) is 6.07 Å². The van der Waals surface area contributed by atoms with Gasteiger partial charge in [0.1, 0.15) is 5.82 Å². The van der Waals surface area contributed by atoms with Gasteiger partial charge in [0.25, 0.3) is 0 Å². The summed E-state index contributed by atoms with van der Waals surface area (Å²) < 4.78 is 13.2. The Morgan fingerprint density at radius 3 is 2.18 bits per heavy atom. The molecule has 0 bridgehead atoms. The summed E-state index contributed by atoms with van der Waals surface area (Å²) in [5, 5.41) is 2.00. The highest BCUT2D eigenvalue weighted by atomic mass is 19.1. The number of hydrogen-bond donors (Lipinski definition) is 0. The highest BCUT2D eigenvalue weighted by molar-refractivity contribution is 5.87. The number of rotatable bonds is 1. The van der Waals surface area contributed by atoms with E-state index in [0.717, 1.165) is 21.9 Å². The Labute approximate surface area is 99.3 Å². The van der Waals surface area contributed by atoms with Crippen molar-refractivity contribution in [1.82, 2.24) is 0 Å². The summed E-state index contributed by atoms with van der Waals surface area (Å²) in [6, 6.07) is 21.1. The summed E-state index contributed by atoms with van der Waals surface area (Å²) in [4.78, 5) is 0. The SMILES string of the molecule is Fc1ccc2ccc(-c3ccccc3)cc2c1. The Balaban J connectivity index is 2.19. The summed E-state index contributed by atoms with van der Waals surface area (Å²) in [6.07, 6.45) is 0. The van der Waals surface area contributed by atoms with E-state index in [4.69, 9.17) is 0 Å². The van der Waals surface area contributed by atoms with Crippen molar-refractivity contribution in [3.05, 3.63) is 72.5 Å². The third-order valence-corrected chi connectivity index (χ3v) is 2.91. The maximum atomic E-state index is 13.2. The van der Waals surface area contributed by atoms with E-state index in [0.29, 0.717) is 0 Å². The monoisotopic (exact) mass is 222 g/mol. The molecular weight excluding hydrogens is 211 g/mol. The zero-order valence-corrected chi connectivity index (χ0v) is 9.23. The van der Waals surface area contributed by atoms with Gasteiger partial charge in [-0.2, -0.15) is 0 Å². The van der Waals surface area contributed by atoms with E-state index < -0.39 is 0 Å². The molecule has 0 nitrogen and oxygen atoms in total. The predicted octanol–water partition coefficient (Wildman–Crippen LogP) is 4.65. The predicted molar refractivity (Wildman–Crippen MR) is 69.3 cm³/mol. The first kappa shape index (κ1) is 10.0. The van der Waals surface area contributed by atoms with Crippen LogP contribution in [0.5, 0.6) is 0 Å². The lowest BCUT2D eigenvalue weighted by Gasteiger charge is -2.04. The average molecular weight is 222 g/mol. The van der Waals surface area contributed by atoms with Crippen LogP contribution in [0, 0.1) is 5.82 Å². The number of halogens is 1. The lowest BCUT2D eigenvalue weighted by atomic mass is 10.0. The van der Waals surface area contributed by atoms with Crippen LogP contribution in [0.2, 0.25) is 0 Å². The van der Waals surface area contributed by atoms with Gasteiger partial charge in [0, 0.05) is 0 Å². The summed E-state index contributed by atoms with van der Waals surface area (Å²) in [7, 11) is 0. The van der Waals surface area contributed by atoms with Crippen LogP contribution >= 0.6 is 0 Å². The van der Waals surface area contributed by atoms with Crippen molar-refractivity contribution in [3.8, 4) is 11.1 Å². The molecule has 0 spiro atoms. The van der Waals surface area contributed by atoms with Crippen molar-refractivity contribution in [2.45, 2.75) is 0 Å². The maximum absolute atomic E-state index is 13.2. The summed E-state index contributed by atoms with van der Waals surface area (Å²) in [5.74, 6) is -0.192.